The third-order valence-electron chi connectivity index (χ3n) is 4.53. The second-order valence-corrected chi connectivity index (χ2v) is 5.90. The van der Waals surface area contributed by atoms with Crippen LogP contribution in [0, 0.1) is 6.92 Å². The van der Waals surface area contributed by atoms with Gasteiger partial charge in [0, 0.05) is 5.92 Å². The molecule has 1 fully saturated rings. The van der Waals surface area contributed by atoms with Gasteiger partial charge in [0.2, 0.25) is 0 Å². The first kappa shape index (κ1) is 12.4. The number of hydrogen-bond acceptors (Lipinski definition) is 3. The summed E-state index contributed by atoms with van der Waals surface area (Å²) in [6, 6.07) is 8.23. The summed E-state index contributed by atoms with van der Waals surface area (Å²) in [4.78, 5) is 0. The summed E-state index contributed by atoms with van der Waals surface area (Å²) in [6.07, 6.45) is 4.96. The van der Waals surface area contributed by atoms with Crippen molar-refractivity contribution in [2.24, 2.45) is 0 Å². The molecule has 108 valence electrons. The first-order chi connectivity index (χ1) is 10.3. The molecule has 21 heavy (non-hydrogen) atoms. The van der Waals surface area contributed by atoms with E-state index in [1.807, 2.05) is 16.8 Å². The summed E-state index contributed by atoms with van der Waals surface area (Å²) >= 11 is 0. The van der Waals surface area contributed by atoms with Crippen LogP contribution in [0.25, 0.3) is 16.7 Å². The molecule has 1 saturated carbocycles. The van der Waals surface area contributed by atoms with Gasteiger partial charge in [-0.3, -0.25) is 5.10 Å². The monoisotopic (exact) mass is 281 g/mol. The molecule has 4 rings (SSSR count). The minimum Gasteiger partial charge on any atom is -0.383 e. The lowest BCUT2D eigenvalue weighted by molar-refractivity contribution is 0.682. The van der Waals surface area contributed by atoms with Gasteiger partial charge in [-0.1, -0.05) is 31.0 Å². The summed E-state index contributed by atoms with van der Waals surface area (Å²) in [5, 5.41) is 13.2. The third kappa shape index (κ3) is 1.84. The molecule has 0 atom stereocenters. The average molecular weight is 281 g/mol. The number of anilines is 1. The summed E-state index contributed by atoms with van der Waals surface area (Å²) in [6.45, 7) is 2.09. The Bertz CT molecular complexity index is 792. The highest BCUT2D eigenvalue weighted by Gasteiger charge is 2.26. The van der Waals surface area contributed by atoms with Crippen molar-refractivity contribution in [2.75, 3.05) is 5.73 Å². The molecular weight excluding hydrogens is 262 g/mol. The Morgan fingerprint density at radius 1 is 1.24 bits per heavy atom. The zero-order valence-electron chi connectivity index (χ0n) is 12.1. The van der Waals surface area contributed by atoms with E-state index in [4.69, 9.17) is 10.8 Å². The van der Waals surface area contributed by atoms with Crippen LogP contribution in [0.5, 0.6) is 0 Å². The van der Waals surface area contributed by atoms with Gasteiger partial charge in [0.1, 0.15) is 5.82 Å². The van der Waals surface area contributed by atoms with E-state index < -0.39 is 0 Å². The molecule has 2 aromatic heterocycles. The van der Waals surface area contributed by atoms with Crippen molar-refractivity contribution >= 4 is 16.9 Å². The number of para-hydroxylation sites is 1. The topological polar surface area (TPSA) is 72.5 Å². The molecule has 5 nitrogen and oxygen atoms in total. The van der Waals surface area contributed by atoms with Crippen molar-refractivity contribution in [3.63, 3.8) is 0 Å². The van der Waals surface area contributed by atoms with Crippen molar-refractivity contribution in [2.45, 2.75) is 38.5 Å². The van der Waals surface area contributed by atoms with Crippen LogP contribution in [0.15, 0.2) is 24.3 Å². The molecule has 0 spiro atoms. The molecule has 0 bridgehead atoms. The van der Waals surface area contributed by atoms with Crippen LogP contribution in [0.3, 0.4) is 0 Å². The van der Waals surface area contributed by atoms with E-state index in [0.717, 1.165) is 22.4 Å². The smallest absolute Gasteiger partial charge is 0.186 e. The SMILES string of the molecule is Cc1ccccc1-n1nc(C2CCCC2)c2c(N)[nH]nc21. The maximum atomic E-state index is 6.10. The van der Waals surface area contributed by atoms with Gasteiger partial charge >= 0.3 is 0 Å². The summed E-state index contributed by atoms with van der Waals surface area (Å²) < 4.78 is 1.94. The van der Waals surface area contributed by atoms with Crippen molar-refractivity contribution in [1.82, 2.24) is 20.0 Å². The van der Waals surface area contributed by atoms with E-state index in [2.05, 4.69) is 29.3 Å². The molecule has 0 amide bonds. The fraction of sp³-hybridized carbons (Fsp3) is 0.375. The van der Waals surface area contributed by atoms with Gasteiger partial charge in [-0.2, -0.15) is 10.2 Å². The Kier molecular flexibility index (Phi) is 2.74. The molecule has 0 unspecified atom stereocenters. The molecule has 1 aliphatic rings. The summed E-state index contributed by atoms with van der Waals surface area (Å²) in [5.74, 6) is 1.14. The first-order valence-corrected chi connectivity index (χ1v) is 7.54. The maximum absolute atomic E-state index is 6.10. The van der Waals surface area contributed by atoms with Crippen LogP contribution in [0.2, 0.25) is 0 Å². The number of nitrogens with zero attached hydrogens (tertiary/aromatic N) is 3. The third-order valence-corrected chi connectivity index (χ3v) is 4.53. The fourth-order valence-corrected chi connectivity index (χ4v) is 3.41. The number of H-pyrrole nitrogens is 1. The van der Waals surface area contributed by atoms with Crippen molar-refractivity contribution < 1.29 is 0 Å². The van der Waals surface area contributed by atoms with Gasteiger partial charge in [-0.15, -0.1) is 0 Å². The quantitative estimate of drug-likeness (QED) is 0.757. The fourth-order valence-electron chi connectivity index (χ4n) is 3.41. The number of nitrogen functional groups attached to an aromatic ring is 1. The van der Waals surface area contributed by atoms with Gasteiger partial charge in [0.15, 0.2) is 5.65 Å². The molecule has 2 heterocycles. The van der Waals surface area contributed by atoms with E-state index in [1.54, 1.807) is 0 Å². The van der Waals surface area contributed by atoms with E-state index in [0.29, 0.717) is 11.7 Å². The van der Waals surface area contributed by atoms with Crippen molar-refractivity contribution in [3.05, 3.63) is 35.5 Å². The van der Waals surface area contributed by atoms with Gasteiger partial charge < -0.3 is 5.73 Å². The Balaban J connectivity index is 1.96. The van der Waals surface area contributed by atoms with Crippen LogP contribution in [0.4, 0.5) is 5.82 Å². The van der Waals surface area contributed by atoms with Crippen LogP contribution in [0.1, 0.15) is 42.9 Å². The molecule has 1 aromatic carbocycles. The molecule has 3 N–H and O–H groups in total. The van der Waals surface area contributed by atoms with Crippen LogP contribution < -0.4 is 5.73 Å². The zero-order valence-corrected chi connectivity index (χ0v) is 12.1. The number of hydrogen-bond donors (Lipinski definition) is 2. The van der Waals surface area contributed by atoms with Crippen molar-refractivity contribution in [1.29, 1.82) is 0 Å². The number of aromatic amines is 1. The Morgan fingerprint density at radius 2 is 2.00 bits per heavy atom. The molecular formula is C16H19N5. The minimum atomic E-state index is 0.512. The van der Waals surface area contributed by atoms with E-state index in [1.165, 1.54) is 31.2 Å². The standard InChI is InChI=1S/C16H19N5/c1-10-6-2-5-9-12(10)21-16-13(15(17)18-19-16)14(20-21)11-7-3-4-8-11/h2,5-6,9,11H,3-4,7-8H2,1H3,(H3,17,18,19). The number of nitrogens with two attached hydrogens (primary N) is 1. The first-order valence-electron chi connectivity index (χ1n) is 7.54. The maximum Gasteiger partial charge on any atom is 0.186 e. The Morgan fingerprint density at radius 3 is 2.76 bits per heavy atom. The molecule has 0 radical (unpaired) electrons. The molecule has 0 aliphatic heterocycles. The number of fused-ring (bicyclic) bond motifs is 1. The molecule has 0 saturated heterocycles. The highest BCUT2D eigenvalue weighted by atomic mass is 15.4. The van der Waals surface area contributed by atoms with E-state index >= 15 is 0 Å². The predicted octanol–water partition coefficient (Wildman–Crippen LogP) is 3.30. The van der Waals surface area contributed by atoms with Gasteiger partial charge in [-0.25, -0.2) is 4.68 Å². The number of nitrogens with one attached hydrogen (secondary N) is 1. The lowest BCUT2D eigenvalue weighted by Gasteiger charge is -2.07. The van der Waals surface area contributed by atoms with Crippen molar-refractivity contribution in [3.8, 4) is 5.69 Å². The van der Waals surface area contributed by atoms with Crippen LogP contribution in [-0.2, 0) is 0 Å². The second-order valence-electron chi connectivity index (χ2n) is 5.90. The number of aromatic nitrogens is 4. The highest BCUT2D eigenvalue weighted by molar-refractivity contribution is 5.90. The van der Waals surface area contributed by atoms with E-state index in [9.17, 15) is 0 Å². The lowest BCUT2D eigenvalue weighted by Crippen LogP contribution is -2.02. The molecule has 1 aliphatic carbocycles. The normalized spacial score (nSPS) is 16.0. The van der Waals surface area contributed by atoms with E-state index in [-0.39, 0.29) is 0 Å². The summed E-state index contributed by atoms with van der Waals surface area (Å²) in [7, 11) is 0. The second kappa shape index (κ2) is 4.62. The van der Waals surface area contributed by atoms with Gasteiger partial charge in [0.25, 0.3) is 0 Å². The van der Waals surface area contributed by atoms with Crippen LogP contribution >= 0.6 is 0 Å². The number of benzene rings is 1. The highest BCUT2D eigenvalue weighted by Crippen LogP contribution is 2.39. The zero-order chi connectivity index (χ0) is 14.4. The van der Waals surface area contributed by atoms with Gasteiger partial charge in [-0.05, 0) is 31.4 Å². The molecule has 5 heteroatoms. The number of rotatable bonds is 2. The average Bonchev–Trinajstić information content (AvgIpc) is 3.18. The van der Waals surface area contributed by atoms with Crippen LogP contribution in [-0.4, -0.2) is 20.0 Å². The Hall–Kier alpha value is -2.30. The molecule has 3 aromatic rings. The largest absolute Gasteiger partial charge is 0.383 e. The Labute approximate surface area is 123 Å². The summed E-state index contributed by atoms with van der Waals surface area (Å²) in [5.41, 5.74) is 10.3. The lowest BCUT2D eigenvalue weighted by atomic mass is 10.0. The minimum absolute atomic E-state index is 0.512. The van der Waals surface area contributed by atoms with Gasteiger partial charge in [0.05, 0.1) is 16.8 Å². The predicted molar refractivity (Wildman–Crippen MR) is 83.6 cm³/mol. The number of aryl methyl sites for hydroxylation is 1.